The number of benzene rings is 1. The average molecular weight is 517 g/mol. The summed E-state index contributed by atoms with van der Waals surface area (Å²) in [6, 6.07) is 5.77. The molecule has 4 saturated carbocycles. The van der Waals surface area contributed by atoms with Crippen LogP contribution in [-0.2, 0) is 9.59 Å². The summed E-state index contributed by atoms with van der Waals surface area (Å²) in [5, 5.41) is 7.00. The van der Waals surface area contributed by atoms with Crippen molar-refractivity contribution in [1.29, 1.82) is 0 Å². The topological polar surface area (TPSA) is 64.7 Å². The minimum atomic E-state index is 0.0302. The average Bonchev–Trinajstić information content (AvgIpc) is 2.78. The number of rotatable bonds is 6. The van der Waals surface area contributed by atoms with E-state index in [1.54, 1.807) is 0 Å². The lowest BCUT2D eigenvalue weighted by atomic mass is 9.49. The zero-order valence-electron chi connectivity index (χ0n) is 20.7. The third kappa shape index (κ3) is 5.61. The largest absolute Gasteiger partial charge is 0.367 e. The lowest BCUT2D eigenvalue weighted by molar-refractivity contribution is -0.131. The zero-order chi connectivity index (χ0) is 24.6. The number of hydrogen-bond acceptors (Lipinski definition) is 4. The molecule has 4 aliphatic carbocycles. The molecule has 1 aromatic carbocycles. The van der Waals surface area contributed by atoms with Crippen LogP contribution in [0.15, 0.2) is 18.2 Å². The minimum Gasteiger partial charge on any atom is -0.367 e. The Morgan fingerprint density at radius 2 is 1.69 bits per heavy atom. The highest BCUT2D eigenvalue weighted by molar-refractivity contribution is 7.80. The van der Waals surface area contributed by atoms with Crippen LogP contribution in [0.2, 0.25) is 5.02 Å². The van der Waals surface area contributed by atoms with Crippen LogP contribution in [0.1, 0.15) is 64.7 Å². The third-order valence-corrected chi connectivity index (χ3v) is 9.10. The van der Waals surface area contributed by atoms with Crippen molar-refractivity contribution in [3.63, 3.8) is 0 Å². The Labute approximate surface area is 219 Å². The molecule has 35 heavy (non-hydrogen) atoms. The molecule has 0 atom stereocenters. The lowest BCUT2D eigenvalue weighted by Crippen LogP contribution is -2.48. The van der Waals surface area contributed by atoms with Gasteiger partial charge in [0, 0.05) is 44.7 Å². The first-order valence-corrected chi connectivity index (χ1v) is 14.0. The highest BCUT2D eigenvalue weighted by atomic mass is 35.5. The van der Waals surface area contributed by atoms with E-state index >= 15 is 0 Å². The molecule has 1 aromatic rings. The van der Waals surface area contributed by atoms with Gasteiger partial charge in [0.1, 0.15) is 0 Å². The summed E-state index contributed by atoms with van der Waals surface area (Å²) in [5.41, 5.74) is 1.91. The van der Waals surface area contributed by atoms with Crippen LogP contribution < -0.4 is 15.5 Å². The fourth-order valence-corrected chi connectivity index (χ4v) is 8.12. The number of nitrogens with zero attached hydrogens (tertiary/aromatic N) is 2. The number of thiocarbonyl (C=S) groups is 1. The number of carbonyl (C=O) groups is 2. The van der Waals surface area contributed by atoms with Gasteiger partial charge in [0.25, 0.3) is 0 Å². The minimum absolute atomic E-state index is 0.0302. The van der Waals surface area contributed by atoms with Crippen LogP contribution in [0.5, 0.6) is 0 Å². The maximum Gasteiger partial charge on any atom is 0.226 e. The van der Waals surface area contributed by atoms with Crippen molar-refractivity contribution in [1.82, 2.24) is 10.2 Å². The van der Waals surface area contributed by atoms with Gasteiger partial charge in [-0.2, -0.15) is 0 Å². The van der Waals surface area contributed by atoms with Gasteiger partial charge in [-0.05, 0) is 98.5 Å². The summed E-state index contributed by atoms with van der Waals surface area (Å²) in [6.45, 7) is 5.00. The third-order valence-electron chi connectivity index (χ3n) is 8.60. The van der Waals surface area contributed by atoms with E-state index in [1.165, 1.54) is 38.5 Å². The molecule has 6 rings (SSSR count). The van der Waals surface area contributed by atoms with E-state index in [1.807, 2.05) is 30.0 Å². The summed E-state index contributed by atoms with van der Waals surface area (Å²) in [4.78, 5) is 29.2. The highest BCUT2D eigenvalue weighted by Gasteiger charge is 2.51. The van der Waals surface area contributed by atoms with E-state index in [4.69, 9.17) is 23.8 Å². The second-order valence-electron chi connectivity index (χ2n) is 11.4. The molecule has 8 heteroatoms. The molecular formula is C27H37ClN4O2S. The van der Waals surface area contributed by atoms with Gasteiger partial charge in [-0.1, -0.05) is 18.5 Å². The molecule has 0 aromatic heterocycles. The van der Waals surface area contributed by atoms with E-state index < -0.39 is 0 Å². The molecule has 0 radical (unpaired) electrons. The summed E-state index contributed by atoms with van der Waals surface area (Å²) < 4.78 is 0. The molecule has 5 fully saturated rings. The second-order valence-corrected chi connectivity index (χ2v) is 12.2. The van der Waals surface area contributed by atoms with Gasteiger partial charge in [-0.15, -0.1) is 0 Å². The molecule has 4 bridgehead atoms. The van der Waals surface area contributed by atoms with Gasteiger partial charge in [0.05, 0.1) is 10.7 Å². The normalized spacial score (nSPS) is 29.3. The van der Waals surface area contributed by atoms with Gasteiger partial charge >= 0.3 is 0 Å². The molecule has 2 N–H and O–H groups in total. The number of carbonyl (C=O) groups excluding carboxylic acids is 2. The van der Waals surface area contributed by atoms with Crippen molar-refractivity contribution < 1.29 is 9.59 Å². The highest BCUT2D eigenvalue weighted by Crippen LogP contribution is 2.61. The number of amides is 2. The summed E-state index contributed by atoms with van der Waals surface area (Å²) in [5.74, 6) is 2.76. The Kier molecular flexibility index (Phi) is 7.27. The molecule has 1 saturated heterocycles. The predicted molar refractivity (Wildman–Crippen MR) is 145 cm³/mol. The maximum absolute atomic E-state index is 12.9. The van der Waals surface area contributed by atoms with Gasteiger partial charge in [0.2, 0.25) is 11.8 Å². The maximum atomic E-state index is 12.9. The Morgan fingerprint density at radius 3 is 2.26 bits per heavy atom. The Balaban J connectivity index is 1.12. The van der Waals surface area contributed by atoms with E-state index in [9.17, 15) is 9.59 Å². The lowest BCUT2D eigenvalue weighted by Gasteiger charge is -2.56. The van der Waals surface area contributed by atoms with E-state index in [0.29, 0.717) is 23.0 Å². The van der Waals surface area contributed by atoms with Gasteiger partial charge in [-0.25, -0.2) is 0 Å². The number of nitrogens with one attached hydrogen (secondary N) is 2. The van der Waals surface area contributed by atoms with Crippen molar-refractivity contribution in [3.8, 4) is 0 Å². The van der Waals surface area contributed by atoms with Gasteiger partial charge in [-0.3, -0.25) is 9.59 Å². The first-order valence-electron chi connectivity index (χ1n) is 13.3. The molecule has 0 spiro atoms. The Hall–Kier alpha value is -1.86. The molecule has 2 amide bonds. The number of halogens is 1. The molecule has 6 nitrogen and oxygen atoms in total. The first kappa shape index (κ1) is 24.8. The fraction of sp³-hybridized carbons (Fsp3) is 0.667. The Bertz CT molecular complexity index is 956. The number of anilines is 2. The Morgan fingerprint density at radius 1 is 1.06 bits per heavy atom. The van der Waals surface area contributed by atoms with Crippen molar-refractivity contribution >= 4 is 52.1 Å². The van der Waals surface area contributed by atoms with Crippen LogP contribution in [0.4, 0.5) is 11.4 Å². The van der Waals surface area contributed by atoms with Crippen molar-refractivity contribution in [2.24, 2.45) is 23.2 Å². The van der Waals surface area contributed by atoms with Gasteiger partial charge < -0.3 is 20.4 Å². The molecule has 0 unspecified atom stereocenters. The predicted octanol–water partition coefficient (Wildman–Crippen LogP) is 5.21. The standard InChI is InChI=1S/C27H37ClN4O2S/c1-2-3-25(34)32-8-6-31(7-9-32)23-5-4-21(13-22(23)28)29-26(35)30-24(33)17-27-14-18-10-19(15-27)12-20(11-18)16-27/h4-5,13,18-20H,2-3,6-12,14-17H2,1H3,(H2,29,30,33,35). The number of hydrogen-bond donors (Lipinski definition) is 2. The molecule has 5 aliphatic rings. The summed E-state index contributed by atoms with van der Waals surface area (Å²) in [7, 11) is 0. The van der Waals surface area contributed by atoms with Crippen molar-refractivity contribution in [2.75, 3.05) is 36.4 Å². The quantitative estimate of drug-likeness (QED) is 0.508. The van der Waals surface area contributed by atoms with E-state index in [-0.39, 0.29) is 17.2 Å². The van der Waals surface area contributed by atoms with Crippen LogP contribution >= 0.6 is 23.8 Å². The zero-order valence-corrected chi connectivity index (χ0v) is 22.2. The first-order chi connectivity index (χ1) is 16.8. The van der Waals surface area contributed by atoms with Crippen LogP contribution in [0.25, 0.3) is 0 Å². The molecule has 1 aliphatic heterocycles. The SMILES string of the molecule is CCCC(=O)N1CCN(c2ccc(NC(=S)NC(=O)CC34CC5CC(CC(C5)C3)C4)cc2Cl)CC1. The van der Waals surface area contributed by atoms with Crippen LogP contribution in [0, 0.1) is 23.2 Å². The second kappa shape index (κ2) is 10.3. The van der Waals surface area contributed by atoms with Crippen molar-refractivity contribution in [3.05, 3.63) is 23.2 Å². The van der Waals surface area contributed by atoms with Crippen LogP contribution in [-0.4, -0.2) is 48.0 Å². The smallest absolute Gasteiger partial charge is 0.226 e. The summed E-state index contributed by atoms with van der Waals surface area (Å²) >= 11 is 12.1. The van der Waals surface area contributed by atoms with Crippen LogP contribution in [0.3, 0.4) is 0 Å². The molecule has 190 valence electrons. The molecule has 1 heterocycles. The number of piperazine rings is 1. The monoisotopic (exact) mass is 516 g/mol. The van der Waals surface area contributed by atoms with Crippen molar-refractivity contribution in [2.45, 2.75) is 64.7 Å². The summed E-state index contributed by atoms with van der Waals surface area (Å²) in [6.07, 6.45) is 9.85. The molecular weight excluding hydrogens is 480 g/mol. The van der Waals surface area contributed by atoms with E-state index in [2.05, 4.69) is 15.5 Å². The van der Waals surface area contributed by atoms with E-state index in [0.717, 1.165) is 61.7 Å². The van der Waals surface area contributed by atoms with Gasteiger partial charge in [0.15, 0.2) is 5.11 Å². The fourth-order valence-electron chi connectivity index (χ4n) is 7.59.